The molecule has 0 aliphatic carbocycles. The second-order valence-corrected chi connectivity index (χ2v) is 7.39. The summed E-state index contributed by atoms with van der Waals surface area (Å²) < 4.78 is 23.4. The number of sulfone groups is 1. The molecule has 0 saturated heterocycles. The van der Waals surface area contributed by atoms with E-state index in [-0.39, 0.29) is 0 Å². The molecular formula is C15H22N2O2S. The molecule has 0 amide bonds. The van der Waals surface area contributed by atoms with E-state index in [2.05, 4.69) is 24.1 Å². The van der Waals surface area contributed by atoms with E-state index < -0.39 is 9.84 Å². The lowest BCUT2D eigenvalue weighted by Crippen LogP contribution is -2.27. The summed E-state index contributed by atoms with van der Waals surface area (Å²) in [4.78, 5) is 3.71. The minimum atomic E-state index is -3.17. The molecular weight excluding hydrogens is 272 g/mol. The summed E-state index contributed by atoms with van der Waals surface area (Å²) in [6.45, 7) is 7.19. The van der Waals surface area contributed by atoms with Crippen LogP contribution in [-0.2, 0) is 16.3 Å². The van der Waals surface area contributed by atoms with Gasteiger partial charge in [0, 0.05) is 28.9 Å². The average molecular weight is 294 g/mol. The third kappa shape index (κ3) is 3.04. The SMILES string of the molecule is CCNC(C)Cc1c(C)[nH]c2ccc(S(C)(=O)=O)cc12. The van der Waals surface area contributed by atoms with Crippen LogP contribution < -0.4 is 5.32 Å². The van der Waals surface area contributed by atoms with Gasteiger partial charge in [0.2, 0.25) is 0 Å². The number of fused-ring (bicyclic) bond motifs is 1. The number of likely N-dealkylation sites (N-methyl/N-ethyl adjacent to an activating group) is 1. The smallest absolute Gasteiger partial charge is 0.175 e. The first-order chi connectivity index (χ1) is 9.32. The number of aromatic amines is 1. The lowest BCUT2D eigenvalue weighted by molar-refractivity contribution is 0.565. The van der Waals surface area contributed by atoms with Crippen molar-refractivity contribution in [3.05, 3.63) is 29.5 Å². The number of benzene rings is 1. The standard InChI is InChI=1S/C15H22N2O2S/c1-5-16-10(2)8-13-11(3)17-15-7-6-12(9-14(13)15)20(4,18)19/h6-7,9-10,16-17H,5,8H2,1-4H3. The molecule has 0 bridgehead atoms. The summed E-state index contributed by atoms with van der Waals surface area (Å²) in [6, 6.07) is 5.65. The van der Waals surface area contributed by atoms with Crippen molar-refractivity contribution < 1.29 is 8.42 Å². The molecule has 0 spiro atoms. The van der Waals surface area contributed by atoms with Crippen molar-refractivity contribution in [3.8, 4) is 0 Å². The number of aryl methyl sites for hydroxylation is 1. The van der Waals surface area contributed by atoms with Gasteiger partial charge in [-0.05, 0) is 50.6 Å². The van der Waals surface area contributed by atoms with Crippen molar-refractivity contribution in [1.82, 2.24) is 10.3 Å². The molecule has 1 aromatic heterocycles. The number of hydrogen-bond donors (Lipinski definition) is 2. The minimum Gasteiger partial charge on any atom is -0.358 e. The van der Waals surface area contributed by atoms with Crippen molar-refractivity contribution in [2.24, 2.45) is 0 Å². The molecule has 0 fully saturated rings. The maximum absolute atomic E-state index is 11.7. The molecule has 1 aromatic carbocycles. The minimum absolute atomic E-state index is 0.361. The first kappa shape index (κ1) is 15.1. The summed E-state index contributed by atoms with van der Waals surface area (Å²) >= 11 is 0. The van der Waals surface area contributed by atoms with E-state index in [0.717, 1.165) is 29.6 Å². The predicted octanol–water partition coefficient (Wildman–Crippen LogP) is 2.42. The van der Waals surface area contributed by atoms with E-state index in [9.17, 15) is 8.42 Å². The molecule has 110 valence electrons. The zero-order valence-electron chi connectivity index (χ0n) is 12.4. The fourth-order valence-electron chi connectivity index (χ4n) is 2.58. The monoisotopic (exact) mass is 294 g/mol. The molecule has 1 unspecified atom stereocenters. The predicted molar refractivity (Wildman–Crippen MR) is 83.0 cm³/mol. The highest BCUT2D eigenvalue weighted by Gasteiger charge is 2.14. The highest BCUT2D eigenvalue weighted by molar-refractivity contribution is 7.90. The third-order valence-electron chi connectivity index (χ3n) is 3.58. The quantitative estimate of drug-likeness (QED) is 0.890. The molecule has 4 nitrogen and oxygen atoms in total. The van der Waals surface area contributed by atoms with Gasteiger partial charge in [-0.25, -0.2) is 8.42 Å². The van der Waals surface area contributed by atoms with E-state index >= 15 is 0 Å². The maximum Gasteiger partial charge on any atom is 0.175 e. The van der Waals surface area contributed by atoms with Crippen LogP contribution in [0.15, 0.2) is 23.1 Å². The Morgan fingerprint density at radius 3 is 2.65 bits per heavy atom. The van der Waals surface area contributed by atoms with E-state index in [1.165, 1.54) is 11.8 Å². The molecule has 0 saturated carbocycles. The van der Waals surface area contributed by atoms with E-state index in [4.69, 9.17) is 0 Å². The molecule has 2 N–H and O–H groups in total. The zero-order chi connectivity index (χ0) is 14.9. The largest absolute Gasteiger partial charge is 0.358 e. The van der Waals surface area contributed by atoms with Crippen LogP contribution in [-0.4, -0.2) is 32.2 Å². The summed E-state index contributed by atoms with van der Waals surface area (Å²) in [5.74, 6) is 0. The first-order valence-electron chi connectivity index (χ1n) is 6.87. The van der Waals surface area contributed by atoms with Gasteiger partial charge in [-0.1, -0.05) is 6.92 Å². The van der Waals surface area contributed by atoms with Gasteiger partial charge in [-0.15, -0.1) is 0 Å². The highest BCUT2D eigenvalue weighted by atomic mass is 32.2. The fraction of sp³-hybridized carbons (Fsp3) is 0.467. The second kappa shape index (κ2) is 5.58. The van der Waals surface area contributed by atoms with Gasteiger partial charge < -0.3 is 10.3 Å². The molecule has 2 aromatic rings. The molecule has 2 rings (SSSR count). The number of H-pyrrole nitrogens is 1. The number of aromatic nitrogens is 1. The van der Waals surface area contributed by atoms with Gasteiger partial charge in [0.05, 0.1) is 4.90 Å². The van der Waals surface area contributed by atoms with Crippen LogP contribution in [0.2, 0.25) is 0 Å². The maximum atomic E-state index is 11.7. The van der Waals surface area contributed by atoms with Crippen LogP contribution in [0.1, 0.15) is 25.1 Å². The van der Waals surface area contributed by atoms with Gasteiger partial charge in [0.1, 0.15) is 0 Å². The Morgan fingerprint density at radius 2 is 2.05 bits per heavy atom. The van der Waals surface area contributed by atoms with Crippen LogP contribution >= 0.6 is 0 Å². The lowest BCUT2D eigenvalue weighted by Gasteiger charge is -2.12. The van der Waals surface area contributed by atoms with Gasteiger partial charge in [0.15, 0.2) is 9.84 Å². The number of nitrogens with one attached hydrogen (secondary N) is 2. The Kier molecular flexibility index (Phi) is 4.20. The number of hydrogen-bond acceptors (Lipinski definition) is 3. The van der Waals surface area contributed by atoms with Crippen molar-refractivity contribution in [1.29, 1.82) is 0 Å². The van der Waals surface area contributed by atoms with Crippen LogP contribution in [0.25, 0.3) is 10.9 Å². The van der Waals surface area contributed by atoms with E-state index in [1.807, 2.05) is 13.0 Å². The summed E-state index contributed by atoms with van der Waals surface area (Å²) in [7, 11) is -3.17. The topological polar surface area (TPSA) is 62.0 Å². The Balaban J connectivity index is 2.50. The van der Waals surface area contributed by atoms with Gasteiger partial charge in [-0.2, -0.15) is 0 Å². The Bertz CT molecular complexity index is 717. The fourth-order valence-corrected chi connectivity index (χ4v) is 3.23. The molecule has 0 radical (unpaired) electrons. The summed E-state index contributed by atoms with van der Waals surface area (Å²) in [5.41, 5.74) is 3.29. The normalized spacial score (nSPS) is 13.8. The Morgan fingerprint density at radius 1 is 1.35 bits per heavy atom. The van der Waals surface area contributed by atoms with E-state index in [1.54, 1.807) is 12.1 Å². The molecule has 0 aliphatic rings. The van der Waals surface area contributed by atoms with Gasteiger partial charge in [-0.3, -0.25) is 0 Å². The van der Waals surface area contributed by atoms with Gasteiger partial charge >= 0.3 is 0 Å². The molecule has 5 heteroatoms. The molecule has 0 aliphatic heterocycles. The van der Waals surface area contributed by atoms with Crippen molar-refractivity contribution in [2.75, 3.05) is 12.8 Å². The third-order valence-corrected chi connectivity index (χ3v) is 4.69. The van der Waals surface area contributed by atoms with Crippen molar-refractivity contribution in [3.63, 3.8) is 0 Å². The molecule has 1 atom stereocenters. The van der Waals surface area contributed by atoms with Gasteiger partial charge in [0.25, 0.3) is 0 Å². The highest BCUT2D eigenvalue weighted by Crippen LogP contribution is 2.26. The van der Waals surface area contributed by atoms with Crippen LogP contribution in [0.3, 0.4) is 0 Å². The molecule has 1 heterocycles. The first-order valence-corrected chi connectivity index (χ1v) is 8.76. The van der Waals surface area contributed by atoms with Crippen LogP contribution in [0, 0.1) is 6.92 Å². The zero-order valence-corrected chi connectivity index (χ0v) is 13.3. The second-order valence-electron chi connectivity index (χ2n) is 5.37. The van der Waals surface area contributed by atoms with Crippen LogP contribution in [0.5, 0.6) is 0 Å². The lowest BCUT2D eigenvalue weighted by atomic mass is 10.0. The van der Waals surface area contributed by atoms with Crippen molar-refractivity contribution in [2.45, 2.75) is 38.1 Å². The van der Waals surface area contributed by atoms with Crippen LogP contribution in [0.4, 0.5) is 0 Å². The summed E-state index contributed by atoms with van der Waals surface area (Å²) in [5, 5.41) is 4.40. The molecule has 20 heavy (non-hydrogen) atoms. The Labute approximate surface area is 120 Å². The average Bonchev–Trinajstić information content (AvgIpc) is 2.64. The summed E-state index contributed by atoms with van der Waals surface area (Å²) in [6.07, 6.45) is 2.13. The van der Waals surface area contributed by atoms with E-state index in [0.29, 0.717) is 10.9 Å². The van der Waals surface area contributed by atoms with Crippen molar-refractivity contribution >= 4 is 20.7 Å². The number of rotatable bonds is 5. The Hall–Kier alpha value is -1.33.